The third-order valence-electron chi connectivity index (χ3n) is 17.9. The molecule has 0 aliphatic rings. The van der Waals surface area contributed by atoms with Crippen LogP contribution < -0.4 is 0 Å². The van der Waals surface area contributed by atoms with Gasteiger partial charge in [0.1, 0.15) is 23.0 Å². The molecule has 0 radical (unpaired) electrons. The zero-order chi connectivity index (χ0) is 63.8. The van der Waals surface area contributed by atoms with Gasteiger partial charge in [0, 0.05) is 0 Å². The molecule has 6 aromatic rings. The molecule has 0 spiro atoms. The Hall–Kier alpha value is -5.48. The first kappa shape index (κ1) is 68.3. The van der Waals surface area contributed by atoms with Crippen molar-refractivity contribution in [3.63, 3.8) is 0 Å². The van der Waals surface area contributed by atoms with Gasteiger partial charge in [-0.25, -0.2) is 0 Å². The molecule has 0 amide bonds. The van der Waals surface area contributed by atoms with E-state index in [2.05, 4.69) is 269 Å². The Morgan fingerprint density at radius 3 is 0.482 bits per heavy atom. The van der Waals surface area contributed by atoms with E-state index in [4.69, 9.17) is 0 Å². The number of aryl methyl sites for hydroxylation is 2. The van der Waals surface area contributed by atoms with Crippen LogP contribution in [0.25, 0.3) is 0 Å². The molecule has 6 aromatic carbocycles. The number of rotatable bonds is 8. The van der Waals surface area contributed by atoms with Crippen LogP contribution in [-0.2, 0) is 69.0 Å². The lowest BCUT2D eigenvalue weighted by molar-refractivity contribution is 0.422. The summed E-state index contributed by atoms with van der Waals surface area (Å²) in [6, 6.07) is 20.1. The third-order valence-corrected chi connectivity index (χ3v) is 17.9. The van der Waals surface area contributed by atoms with Crippen molar-refractivity contribution < 1.29 is 20.4 Å². The Kier molecular flexibility index (Phi) is 19.3. The minimum absolute atomic E-state index is 0.0906. The molecule has 0 aliphatic carbocycles. The fourth-order valence-electron chi connectivity index (χ4n) is 12.3. The average molecular weight is 1130 g/mol. The molecule has 0 saturated heterocycles. The SMILES string of the molecule is Cc1c(Cc2cc(C(C)(C)C)c(O)c(C(C)(C)C)c2)c(C)c(Cc2cc(C(C)(C)C)c(O)c(C(C)(C)C)c2)c(C)c1Cc1cc(C(C)(C)C)c(O)c(C(C)(C)C)c1.Cc1cc(C)c(C)c(Cc2cc(C(C)(C)C)c(O)c(C(C)(C)C)c2)c1C. The maximum atomic E-state index is 11.6. The van der Waals surface area contributed by atoms with Crippen molar-refractivity contribution in [2.75, 3.05) is 0 Å². The van der Waals surface area contributed by atoms with Gasteiger partial charge in [0.05, 0.1) is 0 Å². The van der Waals surface area contributed by atoms with Gasteiger partial charge in [-0.1, -0.05) is 221 Å². The van der Waals surface area contributed by atoms with E-state index in [1.807, 2.05) is 0 Å². The van der Waals surface area contributed by atoms with Crippen LogP contribution in [0.2, 0.25) is 0 Å². The number of aromatic hydroxyl groups is 4. The molecule has 0 aromatic heterocycles. The van der Waals surface area contributed by atoms with E-state index >= 15 is 0 Å². The summed E-state index contributed by atoms with van der Waals surface area (Å²) in [6.45, 7) is 68.1. The minimum atomic E-state index is -0.226. The molecular formula is C79H114O4. The van der Waals surface area contributed by atoms with Crippen molar-refractivity contribution in [3.05, 3.63) is 183 Å². The molecular weight excluding hydrogens is 1010 g/mol. The Morgan fingerprint density at radius 2 is 0.349 bits per heavy atom. The van der Waals surface area contributed by atoms with Crippen LogP contribution in [0.5, 0.6) is 23.0 Å². The number of benzene rings is 6. The highest BCUT2D eigenvalue weighted by molar-refractivity contribution is 5.60. The quantitative estimate of drug-likeness (QED) is 0.122. The monoisotopic (exact) mass is 1130 g/mol. The minimum Gasteiger partial charge on any atom is -0.507 e. The van der Waals surface area contributed by atoms with Crippen molar-refractivity contribution in [3.8, 4) is 23.0 Å². The molecule has 4 N–H and O–H groups in total. The van der Waals surface area contributed by atoms with E-state index < -0.39 is 0 Å². The molecule has 0 unspecified atom stereocenters. The second-order valence-electron chi connectivity index (χ2n) is 33.4. The van der Waals surface area contributed by atoms with Gasteiger partial charge < -0.3 is 20.4 Å². The van der Waals surface area contributed by atoms with E-state index in [9.17, 15) is 20.4 Å². The van der Waals surface area contributed by atoms with E-state index in [-0.39, 0.29) is 43.3 Å². The molecule has 83 heavy (non-hydrogen) atoms. The first-order chi connectivity index (χ1) is 37.3. The van der Waals surface area contributed by atoms with Crippen LogP contribution in [0.3, 0.4) is 0 Å². The van der Waals surface area contributed by atoms with Crippen LogP contribution in [0, 0.1) is 48.5 Å². The van der Waals surface area contributed by atoms with Crippen LogP contribution in [-0.4, -0.2) is 20.4 Å². The van der Waals surface area contributed by atoms with E-state index in [1.54, 1.807) is 0 Å². The second-order valence-corrected chi connectivity index (χ2v) is 33.4. The lowest BCUT2D eigenvalue weighted by Gasteiger charge is -2.30. The molecule has 4 heteroatoms. The summed E-state index contributed by atoms with van der Waals surface area (Å²) < 4.78 is 0. The van der Waals surface area contributed by atoms with Gasteiger partial charge in [-0.2, -0.15) is 0 Å². The van der Waals surface area contributed by atoms with Gasteiger partial charge in [-0.15, -0.1) is 0 Å². The van der Waals surface area contributed by atoms with Gasteiger partial charge in [0.15, 0.2) is 0 Å². The summed E-state index contributed by atoms with van der Waals surface area (Å²) in [5.74, 6) is 1.69. The predicted molar refractivity (Wildman–Crippen MR) is 359 cm³/mol. The largest absolute Gasteiger partial charge is 0.507 e. The summed E-state index contributed by atoms with van der Waals surface area (Å²) in [5.41, 5.74) is 26.1. The summed E-state index contributed by atoms with van der Waals surface area (Å²) >= 11 is 0. The van der Waals surface area contributed by atoms with Crippen molar-refractivity contribution in [1.82, 2.24) is 0 Å². The number of hydrogen-bond donors (Lipinski definition) is 4. The fourth-order valence-corrected chi connectivity index (χ4v) is 12.3. The maximum Gasteiger partial charge on any atom is 0.123 e. The topological polar surface area (TPSA) is 80.9 Å². The summed E-state index contributed by atoms with van der Waals surface area (Å²) in [5, 5.41) is 45.9. The first-order valence-corrected chi connectivity index (χ1v) is 30.9. The summed E-state index contributed by atoms with van der Waals surface area (Å²) in [4.78, 5) is 0. The molecule has 0 aliphatic heterocycles. The molecule has 4 nitrogen and oxygen atoms in total. The standard InChI is InChI=1S/C54H78O3.C25H36O/c1-31-37(22-34-25-40(49(4,5)6)46(55)41(26-34)50(7,8)9)32(2)39(24-36-29-44(53(16,17)18)48(57)45(30-36)54(19,20)21)33(3)38(31)23-35-27-42(51(10,11)12)47(56)43(28-35)52(13,14)15;1-15-11-16(2)18(4)20(17(15)3)12-19-13-21(24(5,6)7)23(26)22(14-19)25(8,9)10/h25-30,55-57H,22-24H2,1-21H3;11,13-14,26H,12H2,1-10H3. The molecule has 454 valence electrons. The van der Waals surface area contributed by atoms with Crippen molar-refractivity contribution in [2.24, 2.45) is 0 Å². The fraction of sp³-hybridized carbons (Fsp3) is 0.544. The van der Waals surface area contributed by atoms with Gasteiger partial charge in [0.2, 0.25) is 0 Å². The first-order valence-electron chi connectivity index (χ1n) is 30.9. The van der Waals surface area contributed by atoms with Gasteiger partial charge >= 0.3 is 0 Å². The van der Waals surface area contributed by atoms with Crippen molar-refractivity contribution >= 4 is 0 Å². The van der Waals surface area contributed by atoms with Crippen LogP contribution in [0.15, 0.2) is 54.6 Å². The van der Waals surface area contributed by atoms with E-state index in [0.29, 0.717) is 23.0 Å². The van der Waals surface area contributed by atoms with E-state index in [0.717, 1.165) is 70.2 Å². The zero-order valence-electron chi connectivity index (χ0n) is 58.3. The number of phenols is 4. The van der Waals surface area contributed by atoms with Crippen molar-refractivity contribution in [2.45, 2.75) is 284 Å². The normalized spacial score (nSPS) is 13.1. The number of phenolic OH excluding ortho intramolecular Hbond substituents is 4. The lowest BCUT2D eigenvalue weighted by atomic mass is 9.75. The molecule has 0 atom stereocenters. The Labute approximate surface area is 507 Å². The van der Waals surface area contributed by atoms with Gasteiger partial charge in [0.25, 0.3) is 0 Å². The molecule has 6 rings (SSSR count). The highest BCUT2D eigenvalue weighted by Gasteiger charge is 2.32. The zero-order valence-corrected chi connectivity index (χ0v) is 58.3. The summed E-state index contributed by atoms with van der Waals surface area (Å²) in [7, 11) is 0. The third kappa shape index (κ3) is 15.3. The molecule has 0 heterocycles. The highest BCUT2D eigenvalue weighted by Crippen LogP contribution is 2.46. The van der Waals surface area contributed by atoms with E-state index in [1.165, 1.54) is 83.5 Å². The second kappa shape index (κ2) is 23.4. The average Bonchev–Trinajstić information content (AvgIpc) is 3.45. The van der Waals surface area contributed by atoms with Crippen molar-refractivity contribution in [1.29, 1.82) is 0 Å². The van der Waals surface area contributed by atoms with Gasteiger partial charge in [-0.3, -0.25) is 0 Å². The molecule has 0 saturated carbocycles. The maximum absolute atomic E-state index is 11.6. The van der Waals surface area contributed by atoms with Crippen LogP contribution in [0.4, 0.5) is 0 Å². The lowest BCUT2D eigenvalue weighted by Crippen LogP contribution is -2.19. The van der Waals surface area contributed by atoms with Crippen LogP contribution in [0.1, 0.15) is 294 Å². The smallest absolute Gasteiger partial charge is 0.123 e. The van der Waals surface area contributed by atoms with Crippen LogP contribution >= 0.6 is 0 Å². The Bertz CT molecular complexity index is 2950. The highest BCUT2D eigenvalue weighted by atomic mass is 16.3. The molecule has 0 fully saturated rings. The predicted octanol–water partition coefficient (Wildman–Crippen LogP) is 21.1. The number of hydrogen-bond acceptors (Lipinski definition) is 4. The Morgan fingerprint density at radius 1 is 0.217 bits per heavy atom. The van der Waals surface area contributed by atoms with Gasteiger partial charge in [-0.05, 0) is 245 Å². The summed E-state index contributed by atoms with van der Waals surface area (Å²) in [6.07, 6.45) is 3.15. The Balaban J connectivity index is 0.000000403. The molecule has 0 bridgehead atoms.